The Morgan fingerprint density at radius 1 is 1.13 bits per heavy atom. The Balaban J connectivity index is 1.54. The van der Waals surface area contributed by atoms with Gasteiger partial charge in [-0.25, -0.2) is 22.9 Å². The van der Waals surface area contributed by atoms with E-state index < -0.39 is 14.8 Å². The molecule has 3 rings (SSSR count). The lowest BCUT2D eigenvalue weighted by atomic mass is 10.1. The number of aromatic nitrogens is 2. The van der Waals surface area contributed by atoms with Crippen molar-refractivity contribution in [2.45, 2.75) is 51.3 Å². The van der Waals surface area contributed by atoms with E-state index in [0.717, 1.165) is 16.8 Å². The monoisotopic (exact) mass is 431 g/mol. The fourth-order valence-electron chi connectivity index (χ4n) is 3.13. The average Bonchev–Trinajstić information content (AvgIpc) is 2.68. The van der Waals surface area contributed by atoms with Crippen LogP contribution in [-0.4, -0.2) is 53.2 Å². The minimum Gasteiger partial charge on any atom is -0.324 e. The van der Waals surface area contributed by atoms with E-state index in [2.05, 4.69) is 20.0 Å². The quantitative estimate of drug-likeness (QED) is 0.774. The number of nitrogens with one attached hydrogen (secondary N) is 2. The molecule has 1 aromatic carbocycles. The van der Waals surface area contributed by atoms with Crippen LogP contribution in [0.4, 0.5) is 10.6 Å². The number of anilines is 1. The molecule has 1 aliphatic rings. The van der Waals surface area contributed by atoms with Crippen LogP contribution in [0, 0.1) is 6.92 Å². The van der Waals surface area contributed by atoms with Gasteiger partial charge >= 0.3 is 6.03 Å². The van der Waals surface area contributed by atoms with E-state index in [1.165, 1.54) is 0 Å². The molecule has 0 saturated carbocycles. The third-order valence-electron chi connectivity index (χ3n) is 5.11. The SMILES string of the molecule is Cc1cccc(-c2cnc(NC(=O)N3CCC(NS(=O)(=O)C(C)(C)C)CC3)cn2)c1. The maximum absolute atomic E-state index is 12.5. The number of carbonyl (C=O) groups is 1. The number of likely N-dealkylation sites (tertiary alicyclic amines) is 1. The molecule has 8 nitrogen and oxygen atoms in total. The van der Waals surface area contributed by atoms with Gasteiger partial charge in [0.25, 0.3) is 0 Å². The van der Waals surface area contributed by atoms with E-state index in [0.29, 0.717) is 31.7 Å². The van der Waals surface area contributed by atoms with Crippen LogP contribution in [0.2, 0.25) is 0 Å². The summed E-state index contributed by atoms with van der Waals surface area (Å²) in [5.74, 6) is 0.381. The van der Waals surface area contributed by atoms with Crippen LogP contribution in [0.3, 0.4) is 0 Å². The van der Waals surface area contributed by atoms with Crippen LogP contribution in [0.25, 0.3) is 11.3 Å². The number of aryl methyl sites for hydroxylation is 1. The molecule has 0 unspecified atom stereocenters. The summed E-state index contributed by atoms with van der Waals surface area (Å²) in [5, 5.41) is 2.76. The summed E-state index contributed by atoms with van der Waals surface area (Å²) in [6, 6.07) is 7.56. The van der Waals surface area contributed by atoms with Gasteiger partial charge in [-0.15, -0.1) is 0 Å². The van der Waals surface area contributed by atoms with Crippen LogP contribution in [0.1, 0.15) is 39.2 Å². The first-order valence-corrected chi connectivity index (χ1v) is 11.5. The van der Waals surface area contributed by atoms with Gasteiger partial charge < -0.3 is 4.90 Å². The highest BCUT2D eigenvalue weighted by molar-refractivity contribution is 7.90. The van der Waals surface area contributed by atoms with Crippen molar-refractivity contribution in [3.8, 4) is 11.3 Å². The average molecular weight is 432 g/mol. The standard InChI is InChI=1S/C21H29N5O3S/c1-15-6-5-7-16(12-15)18-13-23-19(14-22-18)24-20(27)26-10-8-17(9-11-26)25-30(28,29)21(2,3)4/h5-7,12-14,17,25H,8-11H2,1-4H3,(H,23,24,27). The number of hydrogen-bond acceptors (Lipinski definition) is 5. The van der Waals surface area contributed by atoms with Crippen LogP contribution < -0.4 is 10.0 Å². The molecule has 1 saturated heterocycles. The molecule has 9 heteroatoms. The molecule has 162 valence electrons. The molecule has 0 aliphatic carbocycles. The van der Waals surface area contributed by atoms with Crippen molar-refractivity contribution >= 4 is 21.9 Å². The van der Waals surface area contributed by atoms with Gasteiger partial charge in [0, 0.05) is 24.7 Å². The Morgan fingerprint density at radius 3 is 2.40 bits per heavy atom. The summed E-state index contributed by atoms with van der Waals surface area (Å²) in [5.41, 5.74) is 2.85. The summed E-state index contributed by atoms with van der Waals surface area (Å²) < 4.78 is 26.5. The zero-order valence-electron chi connectivity index (χ0n) is 17.8. The number of rotatable bonds is 4. The third-order valence-corrected chi connectivity index (χ3v) is 7.37. The molecule has 0 atom stereocenters. The fraction of sp³-hybridized carbons (Fsp3) is 0.476. The number of piperidine rings is 1. The Labute approximate surface area is 178 Å². The van der Waals surface area contributed by atoms with Crippen LogP contribution in [-0.2, 0) is 10.0 Å². The first-order chi connectivity index (χ1) is 14.0. The zero-order chi connectivity index (χ0) is 21.9. The second-order valence-electron chi connectivity index (χ2n) is 8.58. The molecule has 2 N–H and O–H groups in total. The predicted octanol–water partition coefficient (Wildman–Crippen LogP) is 3.17. The summed E-state index contributed by atoms with van der Waals surface area (Å²) in [6.45, 7) is 7.97. The summed E-state index contributed by atoms with van der Waals surface area (Å²) >= 11 is 0. The molecule has 1 fully saturated rings. The molecule has 2 heterocycles. The van der Waals surface area contributed by atoms with E-state index in [4.69, 9.17) is 0 Å². The van der Waals surface area contributed by atoms with Crippen molar-refractivity contribution in [3.63, 3.8) is 0 Å². The molecule has 1 aliphatic heterocycles. The van der Waals surface area contributed by atoms with Gasteiger partial charge in [0.15, 0.2) is 5.82 Å². The molecular weight excluding hydrogens is 402 g/mol. The molecule has 1 aromatic heterocycles. The predicted molar refractivity (Wildman–Crippen MR) is 118 cm³/mol. The molecule has 0 radical (unpaired) electrons. The highest BCUT2D eigenvalue weighted by Crippen LogP contribution is 2.20. The van der Waals surface area contributed by atoms with Crippen molar-refractivity contribution in [2.24, 2.45) is 0 Å². The highest BCUT2D eigenvalue weighted by atomic mass is 32.2. The van der Waals surface area contributed by atoms with E-state index in [1.54, 1.807) is 38.1 Å². The minimum absolute atomic E-state index is 0.160. The summed E-state index contributed by atoms with van der Waals surface area (Å²) in [7, 11) is -3.40. The Bertz CT molecular complexity index is 992. The maximum atomic E-state index is 12.5. The molecule has 30 heavy (non-hydrogen) atoms. The number of urea groups is 1. The van der Waals surface area contributed by atoms with Gasteiger partial charge in [0.2, 0.25) is 10.0 Å². The highest BCUT2D eigenvalue weighted by Gasteiger charge is 2.33. The van der Waals surface area contributed by atoms with Crippen LogP contribution in [0.5, 0.6) is 0 Å². The van der Waals surface area contributed by atoms with Crippen molar-refractivity contribution in [3.05, 3.63) is 42.2 Å². The topological polar surface area (TPSA) is 104 Å². The van der Waals surface area contributed by atoms with E-state index >= 15 is 0 Å². The zero-order valence-corrected chi connectivity index (χ0v) is 18.7. The van der Waals surface area contributed by atoms with E-state index in [-0.39, 0.29) is 12.1 Å². The molecule has 0 bridgehead atoms. The number of benzene rings is 1. The fourth-order valence-corrected chi connectivity index (χ4v) is 4.16. The van der Waals surface area contributed by atoms with Gasteiger partial charge in [0.1, 0.15) is 0 Å². The molecule has 2 amide bonds. The summed E-state index contributed by atoms with van der Waals surface area (Å²) in [6.07, 6.45) is 4.32. The van der Waals surface area contributed by atoms with Crippen molar-refractivity contribution in [1.82, 2.24) is 19.6 Å². The Kier molecular flexibility index (Phi) is 6.42. The normalized spacial score (nSPS) is 15.8. The van der Waals surface area contributed by atoms with E-state index in [9.17, 15) is 13.2 Å². The van der Waals surface area contributed by atoms with Gasteiger partial charge in [-0.3, -0.25) is 10.3 Å². The molecular formula is C21H29N5O3S. The summed E-state index contributed by atoms with van der Waals surface area (Å²) in [4.78, 5) is 22.9. The van der Waals surface area contributed by atoms with E-state index in [1.807, 2.05) is 31.2 Å². The largest absolute Gasteiger partial charge is 0.324 e. The van der Waals surface area contributed by atoms with Gasteiger partial charge in [-0.05, 0) is 46.6 Å². The lowest BCUT2D eigenvalue weighted by Gasteiger charge is -2.33. The Morgan fingerprint density at radius 2 is 1.83 bits per heavy atom. The van der Waals surface area contributed by atoms with Crippen molar-refractivity contribution < 1.29 is 13.2 Å². The van der Waals surface area contributed by atoms with Crippen LogP contribution >= 0.6 is 0 Å². The lowest BCUT2D eigenvalue weighted by Crippen LogP contribution is -2.50. The number of amides is 2. The third kappa shape index (κ3) is 5.34. The smallest absolute Gasteiger partial charge is 0.323 e. The minimum atomic E-state index is -3.40. The molecule has 0 spiro atoms. The lowest BCUT2D eigenvalue weighted by molar-refractivity contribution is 0.192. The first-order valence-electron chi connectivity index (χ1n) is 10.0. The Hall–Kier alpha value is -2.52. The number of nitrogens with zero attached hydrogens (tertiary/aromatic N) is 3. The van der Waals surface area contributed by atoms with Gasteiger partial charge in [0.05, 0.1) is 22.8 Å². The number of hydrogen-bond donors (Lipinski definition) is 2. The number of carbonyl (C=O) groups excluding carboxylic acids is 1. The van der Waals surface area contributed by atoms with Crippen LogP contribution in [0.15, 0.2) is 36.7 Å². The molecule has 2 aromatic rings. The first kappa shape index (κ1) is 22.2. The van der Waals surface area contributed by atoms with Crippen molar-refractivity contribution in [2.75, 3.05) is 18.4 Å². The second kappa shape index (κ2) is 8.69. The second-order valence-corrected chi connectivity index (χ2v) is 11.0. The van der Waals surface area contributed by atoms with Gasteiger partial charge in [-0.2, -0.15) is 0 Å². The number of sulfonamides is 1. The van der Waals surface area contributed by atoms with Gasteiger partial charge in [-0.1, -0.05) is 23.8 Å². The maximum Gasteiger partial charge on any atom is 0.323 e. The van der Waals surface area contributed by atoms with Crippen molar-refractivity contribution in [1.29, 1.82) is 0 Å².